The summed E-state index contributed by atoms with van der Waals surface area (Å²) in [4.78, 5) is 2.59. The van der Waals surface area contributed by atoms with Crippen LogP contribution in [0, 0.1) is 12.3 Å². The summed E-state index contributed by atoms with van der Waals surface area (Å²) in [7, 11) is 0. The molecule has 17 heavy (non-hydrogen) atoms. The molecule has 93 valence electrons. The third kappa shape index (κ3) is 4.16. The third-order valence-corrected chi connectivity index (χ3v) is 3.67. The Bertz CT molecular complexity index is 299. The van der Waals surface area contributed by atoms with Crippen LogP contribution in [0.3, 0.4) is 0 Å². The smallest absolute Gasteiger partial charge is 0.0233 e. The van der Waals surface area contributed by atoms with E-state index in [1.807, 2.05) is 0 Å². The summed E-state index contributed by atoms with van der Waals surface area (Å²) < 4.78 is 0. The Balaban J connectivity index is 1.72. The van der Waals surface area contributed by atoms with Crippen LogP contribution in [0.25, 0.3) is 0 Å². The van der Waals surface area contributed by atoms with E-state index >= 15 is 0 Å². The molecule has 0 aliphatic carbocycles. The molecule has 0 spiro atoms. The maximum atomic E-state index is 2.59. The van der Waals surface area contributed by atoms with Crippen molar-refractivity contribution < 1.29 is 0 Å². The van der Waals surface area contributed by atoms with E-state index in [0.29, 0.717) is 0 Å². The minimum atomic E-state index is 0.877. The highest BCUT2D eigenvalue weighted by molar-refractivity contribution is 5.14. The van der Waals surface area contributed by atoms with E-state index in [-0.39, 0.29) is 0 Å². The van der Waals surface area contributed by atoms with Gasteiger partial charge in [-0.25, -0.2) is 0 Å². The Hall–Kier alpha value is -0.820. The number of benzene rings is 1. The fraction of sp³-hybridized carbons (Fsp3) is 0.562. The minimum absolute atomic E-state index is 0.877. The number of nitrogens with zero attached hydrogens (tertiary/aromatic N) is 1. The maximum Gasteiger partial charge on any atom is 0.0233 e. The van der Waals surface area contributed by atoms with E-state index in [2.05, 4.69) is 48.6 Å². The van der Waals surface area contributed by atoms with Crippen LogP contribution in [0.1, 0.15) is 38.2 Å². The van der Waals surface area contributed by atoms with Gasteiger partial charge >= 0.3 is 0 Å². The molecule has 0 atom stereocenters. The highest BCUT2D eigenvalue weighted by atomic mass is 15.1. The van der Waals surface area contributed by atoms with Crippen molar-refractivity contribution in [2.24, 2.45) is 5.92 Å². The number of likely N-dealkylation sites (tertiary alicyclic amines) is 1. The summed E-state index contributed by atoms with van der Waals surface area (Å²) in [5, 5.41) is 0. The summed E-state index contributed by atoms with van der Waals surface area (Å²) in [6.07, 6.45) is 7.84. The van der Waals surface area contributed by atoms with E-state index in [0.717, 1.165) is 12.5 Å². The molecule has 0 saturated carbocycles. The summed E-state index contributed by atoms with van der Waals surface area (Å²) in [6, 6.07) is 10.8. The van der Waals surface area contributed by atoms with Gasteiger partial charge in [0.1, 0.15) is 0 Å². The Morgan fingerprint density at radius 1 is 1.18 bits per heavy atom. The molecule has 1 heteroatoms. The number of hydrogen-bond acceptors (Lipinski definition) is 1. The summed E-state index contributed by atoms with van der Waals surface area (Å²) >= 11 is 0. The second-order valence-electron chi connectivity index (χ2n) is 5.12. The molecule has 1 aromatic rings. The van der Waals surface area contributed by atoms with Gasteiger partial charge in [-0.1, -0.05) is 50.1 Å². The number of hydrogen-bond donors (Lipinski definition) is 0. The third-order valence-electron chi connectivity index (χ3n) is 3.67. The van der Waals surface area contributed by atoms with Crippen molar-refractivity contribution in [1.82, 2.24) is 4.90 Å². The van der Waals surface area contributed by atoms with E-state index < -0.39 is 0 Å². The van der Waals surface area contributed by atoms with E-state index in [9.17, 15) is 0 Å². The maximum absolute atomic E-state index is 2.59. The highest BCUT2D eigenvalue weighted by Crippen LogP contribution is 2.22. The molecule has 0 bridgehead atoms. The summed E-state index contributed by atoms with van der Waals surface area (Å²) in [6.45, 7) is 5.92. The van der Waals surface area contributed by atoms with Crippen molar-refractivity contribution in [2.75, 3.05) is 13.1 Å². The molecular weight excluding hydrogens is 206 g/mol. The lowest BCUT2D eigenvalue weighted by Crippen LogP contribution is -2.33. The predicted molar refractivity (Wildman–Crippen MR) is 73.7 cm³/mol. The van der Waals surface area contributed by atoms with Crippen LogP contribution >= 0.6 is 0 Å². The van der Waals surface area contributed by atoms with Gasteiger partial charge in [0.05, 0.1) is 0 Å². The van der Waals surface area contributed by atoms with Gasteiger partial charge in [-0.15, -0.1) is 0 Å². The van der Waals surface area contributed by atoms with Gasteiger partial charge in [-0.3, -0.25) is 4.90 Å². The Kier molecular flexibility index (Phi) is 5.06. The molecule has 1 heterocycles. The molecule has 2 rings (SSSR count). The zero-order valence-corrected chi connectivity index (χ0v) is 10.9. The molecule has 1 aromatic carbocycles. The molecule has 1 aliphatic rings. The Morgan fingerprint density at radius 3 is 2.53 bits per heavy atom. The van der Waals surface area contributed by atoms with E-state index in [1.165, 1.54) is 44.3 Å². The molecule has 0 amide bonds. The van der Waals surface area contributed by atoms with Crippen molar-refractivity contribution in [3.05, 3.63) is 42.3 Å². The number of unbranched alkanes of at least 4 members (excludes halogenated alkanes) is 1. The molecule has 1 nitrogen and oxygen atoms in total. The van der Waals surface area contributed by atoms with Gasteiger partial charge < -0.3 is 0 Å². The van der Waals surface area contributed by atoms with E-state index in [4.69, 9.17) is 0 Å². The van der Waals surface area contributed by atoms with Crippen molar-refractivity contribution in [1.29, 1.82) is 0 Å². The monoisotopic (exact) mass is 230 g/mol. The first-order chi connectivity index (χ1) is 8.38. The highest BCUT2D eigenvalue weighted by Gasteiger charge is 2.18. The lowest BCUT2D eigenvalue weighted by molar-refractivity contribution is 0.188. The lowest BCUT2D eigenvalue weighted by atomic mass is 9.91. The average Bonchev–Trinajstić information content (AvgIpc) is 2.39. The van der Waals surface area contributed by atoms with Crippen LogP contribution in [0.15, 0.2) is 30.3 Å². The molecule has 0 aromatic heterocycles. The predicted octanol–water partition coefficient (Wildman–Crippen LogP) is 3.90. The topological polar surface area (TPSA) is 3.24 Å². The van der Waals surface area contributed by atoms with Gasteiger partial charge in [0.15, 0.2) is 0 Å². The first-order valence-electron chi connectivity index (χ1n) is 6.98. The Labute approximate surface area is 106 Å². The Morgan fingerprint density at radius 2 is 1.88 bits per heavy atom. The molecule has 1 saturated heterocycles. The van der Waals surface area contributed by atoms with Gasteiger partial charge in [0.25, 0.3) is 0 Å². The van der Waals surface area contributed by atoms with Crippen LogP contribution in [0.5, 0.6) is 0 Å². The van der Waals surface area contributed by atoms with Crippen LogP contribution in [-0.4, -0.2) is 18.0 Å². The normalized spacial score (nSPS) is 18.4. The second-order valence-corrected chi connectivity index (χ2v) is 5.12. The van der Waals surface area contributed by atoms with Crippen LogP contribution in [0.4, 0.5) is 0 Å². The SMILES string of the molecule is CCC[CH]C1CCN(Cc2ccccc2)CC1. The minimum Gasteiger partial charge on any atom is -0.299 e. The van der Waals surface area contributed by atoms with Crippen LogP contribution in [-0.2, 0) is 6.54 Å². The first kappa shape index (κ1) is 12.6. The number of rotatable bonds is 5. The number of piperidine rings is 1. The van der Waals surface area contributed by atoms with Gasteiger partial charge in [-0.05, 0) is 43.8 Å². The van der Waals surface area contributed by atoms with Gasteiger partial charge in [0, 0.05) is 6.54 Å². The second kappa shape index (κ2) is 6.80. The fourth-order valence-corrected chi connectivity index (χ4v) is 2.59. The summed E-state index contributed by atoms with van der Waals surface area (Å²) in [5.74, 6) is 0.877. The van der Waals surface area contributed by atoms with E-state index in [1.54, 1.807) is 0 Å². The standard InChI is InChI=1S/C16H24N/c1-2-3-7-15-10-12-17(13-11-15)14-16-8-5-4-6-9-16/h4-9,15H,2-3,10-14H2,1H3. The van der Waals surface area contributed by atoms with Crippen molar-refractivity contribution in [2.45, 2.75) is 39.2 Å². The van der Waals surface area contributed by atoms with Crippen LogP contribution in [0.2, 0.25) is 0 Å². The van der Waals surface area contributed by atoms with Crippen LogP contribution < -0.4 is 0 Å². The van der Waals surface area contributed by atoms with Gasteiger partial charge in [-0.2, -0.15) is 0 Å². The average molecular weight is 230 g/mol. The molecule has 1 fully saturated rings. The largest absolute Gasteiger partial charge is 0.299 e. The zero-order chi connectivity index (χ0) is 11.9. The summed E-state index contributed by atoms with van der Waals surface area (Å²) in [5.41, 5.74) is 1.45. The molecule has 0 unspecified atom stereocenters. The van der Waals surface area contributed by atoms with Gasteiger partial charge in [0.2, 0.25) is 0 Å². The fourth-order valence-electron chi connectivity index (χ4n) is 2.59. The van der Waals surface area contributed by atoms with Crippen molar-refractivity contribution in [3.8, 4) is 0 Å². The lowest BCUT2D eigenvalue weighted by Gasteiger charge is -2.31. The molecule has 0 N–H and O–H groups in total. The quantitative estimate of drug-likeness (QED) is 0.741. The van der Waals surface area contributed by atoms with Crippen molar-refractivity contribution in [3.63, 3.8) is 0 Å². The molecule has 1 radical (unpaired) electrons. The first-order valence-corrected chi connectivity index (χ1v) is 6.98. The molecule has 1 aliphatic heterocycles. The van der Waals surface area contributed by atoms with Crippen molar-refractivity contribution >= 4 is 0 Å². The zero-order valence-electron chi connectivity index (χ0n) is 10.9. The molecular formula is C16H24N.